The molecular weight excluding hydrogens is 330 g/mol. The lowest BCUT2D eigenvalue weighted by molar-refractivity contribution is 0.220. The predicted molar refractivity (Wildman–Crippen MR) is 109 cm³/mol. The molecule has 0 unspecified atom stereocenters. The van der Waals surface area contributed by atoms with Crippen molar-refractivity contribution >= 4 is 23.0 Å². The molecule has 5 heteroatoms. The van der Waals surface area contributed by atoms with E-state index >= 15 is 0 Å². The zero-order valence-corrected chi connectivity index (χ0v) is 16.2. The van der Waals surface area contributed by atoms with Crippen LogP contribution in [-0.4, -0.2) is 34.4 Å². The first kappa shape index (κ1) is 19.8. The lowest BCUT2D eigenvalue weighted by Crippen LogP contribution is -2.47. The SMILES string of the molecule is C=CC=C(C=CCCC)N(C(=O)NC1CCCCC1)C1=NCCCS1. The van der Waals surface area contributed by atoms with E-state index in [2.05, 4.69) is 29.9 Å². The molecule has 0 aromatic carbocycles. The average Bonchev–Trinajstić information content (AvgIpc) is 2.64. The summed E-state index contributed by atoms with van der Waals surface area (Å²) in [5.41, 5.74) is 0.838. The van der Waals surface area contributed by atoms with Crippen LogP contribution in [-0.2, 0) is 0 Å². The third kappa shape index (κ3) is 6.38. The number of allylic oxidation sites excluding steroid dienone is 4. The molecule has 1 heterocycles. The van der Waals surface area contributed by atoms with Gasteiger partial charge in [0.25, 0.3) is 0 Å². The Morgan fingerprint density at radius 3 is 2.80 bits per heavy atom. The van der Waals surface area contributed by atoms with Crippen LogP contribution >= 0.6 is 11.8 Å². The lowest BCUT2D eigenvalue weighted by atomic mass is 9.96. The number of carbonyl (C=O) groups is 1. The van der Waals surface area contributed by atoms with Gasteiger partial charge in [-0.05, 0) is 37.8 Å². The third-order valence-corrected chi connectivity index (χ3v) is 5.46. The molecule has 2 rings (SSSR count). The fraction of sp³-hybridized carbons (Fsp3) is 0.600. The van der Waals surface area contributed by atoms with Crippen molar-refractivity contribution < 1.29 is 4.79 Å². The molecule has 0 aromatic rings. The number of unbranched alkanes of at least 4 members (excludes halogenated alkanes) is 1. The highest BCUT2D eigenvalue weighted by Gasteiger charge is 2.26. The second-order valence-corrected chi connectivity index (χ2v) is 7.57. The second kappa shape index (κ2) is 11.2. The molecule has 4 nitrogen and oxygen atoms in total. The highest BCUT2D eigenvalue weighted by Crippen LogP contribution is 2.23. The molecule has 0 saturated heterocycles. The summed E-state index contributed by atoms with van der Waals surface area (Å²) in [6.45, 7) is 6.75. The molecule has 1 aliphatic heterocycles. The molecule has 0 spiro atoms. The van der Waals surface area contributed by atoms with Gasteiger partial charge in [0.15, 0.2) is 5.17 Å². The number of nitrogens with one attached hydrogen (secondary N) is 1. The van der Waals surface area contributed by atoms with E-state index in [1.807, 2.05) is 12.2 Å². The molecule has 1 saturated carbocycles. The monoisotopic (exact) mass is 361 g/mol. The molecule has 0 bridgehead atoms. The van der Waals surface area contributed by atoms with E-state index in [1.165, 1.54) is 19.3 Å². The molecule has 0 atom stereocenters. The van der Waals surface area contributed by atoms with E-state index in [9.17, 15) is 4.79 Å². The van der Waals surface area contributed by atoms with E-state index < -0.39 is 0 Å². The van der Waals surface area contributed by atoms with Gasteiger partial charge in [-0.25, -0.2) is 9.69 Å². The van der Waals surface area contributed by atoms with Crippen LogP contribution in [0.5, 0.6) is 0 Å². The topological polar surface area (TPSA) is 44.7 Å². The van der Waals surface area contributed by atoms with Gasteiger partial charge >= 0.3 is 6.03 Å². The summed E-state index contributed by atoms with van der Waals surface area (Å²) >= 11 is 1.66. The summed E-state index contributed by atoms with van der Waals surface area (Å²) in [7, 11) is 0. The number of urea groups is 1. The Morgan fingerprint density at radius 2 is 2.16 bits per heavy atom. The molecule has 1 N–H and O–H groups in total. The Hall–Kier alpha value is -1.49. The van der Waals surface area contributed by atoms with E-state index in [0.29, 0.717) is 0 Å². The largest absolute Gasteiger partial charge is 0.335 e. The summed E-state index contributed by atoms with van der Waals surface area (Å²) in [5.74, 6) is 1.01. The minimum atomic E-state index is -0.0608. The van der Waals surface area contributed by atoms with Crippen LogP contribution in [0.1, 0.15) is 58.3 Å². The Kier molecular flexibility index (Phi) is 8.87. The number of aliphatic imine (C=N–C) groups is 1. The highest BCUT2D eigenvalue weighted by molar-refractivity contribution is 8.13. The Morgan fingerprint density at radius 1 is 1.36 bits per heavy atom. The van der Waals surface area contributed by atoms with E-state index in [4.69, 9.17) is 0 Å². The molecule has 1 fully saturated rings. The highest BCUT2D eigenvalue weighted by atomic mass is 32.2. The van der Waals surface area contributed by atoms with E-state index in [0.717, 1.165) is 55.3 Å². The molecular formula is C20H31N3OS. The zero-order valence-electron chi connectivity index (χ0n) is 15.4. The summed E-state index contributed by atoms with van der Waals surface area (Å²) in [4.78, 5) is 19.4. The minimum absolute atomic E-state index is 0.0608. The first-order valence-electron chi connectivity index (χ1n) is 9.53. The standard InChI is InChI=1S/C20H31N3OS/c1-3-5-7-14-18(11-4-2)23(20-21-15-10-16-25-20)19(24)22-17-12-8-6-9-13-17/h4,7,11,14,17H,2-3,5-6,8-10,12-13,15-16H2,1H3,(H,22,24). The van der Waals surface area contributed by atoms with Crippen molar-refractivity contribution in [1.82, 2.24) is 10.2 Å². The van der Waals surface area contributed by atoms with Crippen molar-refractivity contribution in [3.63, 3.8) is 0 Å². The van der Waals surface area contributed by atoms with Gasteiger partial charge in [-0.1, -0.05) is 63.1 Å². The summed E-state index contributed by atoms with van der Waals surface area (Å²) < 4.78 is 0. The maximum Gasteiger partial charge on any atom is 0.328 e. The quantitative estimate of drug-likeness (QED) is 0.657. The van der Waals surface area contributed by atoms with Crippen LogP contribution in [0.3, 0.4) is 0 Å². The molecule has 138 valence electrons. The normalized spacial score (nSPS) is 19.6. The van der Waals surface area contributed by atoms with Crippen LogP contribution in [0, 0.1) is 0 Å². The maximum atomic E-state index is 13.1. The molecule has 2 aliphatic rings. The van der Waals surface area contributed by atoms with E-state index in [-0.39, 0.29) is 12.1 Å². The molecule has 0 radical (unpaired) electrons. The third-order valence-electron chi connectivity index (χ3n) is 4.40. The Balaban J connectivity index is 2.20. The summed E-state index contributed by atoms with van der Waals surface area (Å²) in [6.07, 6.45) is 16.7. The van der Waals surface area contributed by atoms with Gasteiger partial charge in [0, 0.05) is 18.3 Å². The van der Waals surface area contributed by atoms with Gasteiger partial charge in [0.1, 0.15) is 0 Å². The lowest BCUT2D eigenvalue weighted by Gasteiger charge is -2.30. The maximum absolute atomic E-state index is 13.1. The van der Waals surface area contributed by atoms with E-state index in [1.54, 1.807) is 22.7 Å². The number of thioether (sulfide) groups is 1. The average molecular weight is 362 g/mol. The van der Waals surface area contributed by atoms with Crippen LogP contribution in [0.2, 0.25) is 0 Å². The van der Waals surface area contributed by atoms with Crippen LogP contribution in [0.15, 0.2) is 41.6 Å². The van der Waals surface area contributed by atoms with Crippen molar-refractivity contribution in [2.75, 3.05) is 12.3 Å². The Labute approximate surface area is 156 Å². The Bertz CT molecular complexity index is 533. The van der Waals surface area contributed by atoms with Crippen molar-refractivity contribution in [3.05, 3.63) is 36.6 Å². The molecule has 2 amide bonds. The number of amidine groups is 1. The van der Waals surface area contributed by atoms with Crippen molar-refractivity contribution in [3.8, 4) is 0 Å². The summed E-state index contributed by atoms with van der Waals surface area (Å²) in [5, 5.41) is 4.03. The molecule has 25 heavy (non-hydrogen) atoms. The number of nitrogens with zero attached hydrogens (tertiary/aromatic N) is 2. The number of hydrogen-bond acceptors (Lipinski definition) is 3. The fourth-order valence-electron chi connectivity index (χ4n) is 3.08. The first-order chi connectivity index (χ1) is 12.3. The zero-order chi connectivity index (χ0) is 17.9. The summed E-state index contributed by atoms with van der Waals surface area (Å²) in [6, 6.07) is 0.219. The first-order valence-corrected chi connectivity index (χ1v) is 10.5. The number of rotatable bonds is 6. The van der Waals surface area contributed by atoms with Gasteiger partial charge in [0.2, 0.25) is 0 Å². The van der Waals surface area contributed by atoms with Gasteiger partial charge in [-0.2, -0.15) is 0 Å². The van der Waals surface area contributed by atoms with Crippen molar-refractivity contribution in [2.24, 2.45) is 4.99 Å². The number of carbonyl (C=O) groups excluding carboxylic acids is 1. The predicted octanol–water partition coefficient (Wildman–Crippen LogP) is 5.25. The van der Waals surface area contributed by atoms with Crippen LogP contribution < -0.4 is 5.32 Å². The van der Waals surface area contributed by atoms with Gasteiger partial charge in [0.05, 0.1) is 5.70 Å². The minimum Gasteiger partial charge on any atom is -0.335 e. The number of amides is 2. The second-order valence-electron chi connectivity index (χ2n) is 6.50. The van der Waals surface area contributed by atoms with Gasteiger partial charge < -0.3 is 5.32 Å². The molecule has 1 aliphatic carbocycles. The van der Waals surface area contributed by atoms with Gasteiger partial charge in [-0.15, -0.1) is 0 Å². The molecule has 0 aromatic heterocycles. The van der Waals surface area contributed by atoms with Gasteiger partial charge in [-0.3, -0.25) is 4.99 Å². The fourth-order valence-corrected chi connectivity index (χ4v) is 4.04. The number of hydrogen-bond donors (Lipinski definition) is 1. The van der Waals surface area contributed by atoms with Crippen LogP contribution in [0.25, 0.3) is 0 Å². The smallest absolute Gasteiger partial charge is 0.328 e. The van der Waals surface area contributed by atoms with Crippen molar-refractivity contribution in [1.29, 1.82) is 0 Å². The van der Waals surface area contributed by atoms with Crippen molar-refractivity contribution in [2.45, 2.75) is 64.3 Å². The van der Waals surface area contributed by atoms with Crippen LogP contribution in [0.4, 0.5) is 4.79 Å².